The normalized spacial score (nSPS) is 19.6. The highest BCUT2D eigenvalue weighted by molar-refractivity contribution is 8.26. The molecule has 1 aromatic heterocycles. The number of rotatable bonds is 3. The molecule has 1 amide bonds. The average Bonchev–Trinajstić information content (AvgIpc) is 3.45. The number of furan rings is 1. The number of hydrogen-bond acceptors (Lipinski definition) is 8. The molecule has 0 aliphatic carbocycles. The predicted molar refractivity (Wildman–Crippen MR) is 126 cm³/mol. The van der Waals surface area contributed by atoms with Crippen molar-refractivity contribution in [2.45, 2.75) is 26.2 Å². The number of likely N-dealkylation sites (tertiary alicyclic amines) is 1. The number of nitro groups is 1. The summed E-state index contributed by atoms with van der Waals surface area (Å²) in [6.45, 7) is 3.64. The van der Waals surface area contributed by atoms with Crippen LogP contribution in [0.4, 0.5) is 5.69 Å². The molecule has 1 saturated heterocycles. The van der Waals surface area contributed by atoms with E-state index in [4.69, 9.17) is 9.83 Å². The van der Waals surface area contributed by atoms with E-state index >= 15 is 0 Å². The molecule has 0 spiro atoms. The van der Waals surface area contributed by atoms with Gasteiger partial charge in [0.15, 0.2) is 11.0 Å². The van der Waals surface area contributed by atoms with Crippen molar-refractivity contribution in [1.82, 2.24) is 9.91 Å². The third kappa shape index (κ3) is 3.95. The minimum atomic E-state index is -0.529. The van der Waals surface area contributed by atoms with Crippen molar-refractivity contribution < 1.29 is 14.1 Å². The Balaban J connectivity index is 1.42. The zero-order valence-corrected chi connectivity index (χ0v) is 18.6. The number of fused-ring (bicyclic) bond motifs is 1. The highest BCUT2D eigenvalue weighted by Crippen LogP contribution is 2.32. The number of nitrogens with one attached hydrogen (secondary N) is 1. The maximum absolute atomic E-state index is 12.7. The van der Waals surface area contributed by atoms with E-state index in [-0.39, 0.29) is 17.1 Å². The molecule has 33 heavy (non-hydrogen) atoms. The van der Waals surface area contributed by atoms with E-state index in [1.54, 1.807) is 18.2 Å². The molecule has 0 unspecified atom stereocenters. The lowest BCUT2D eigenvalue weighted by atomic mass is 10.1. The van der Waals surface area contributed by atoms with Gasteiger partial charge < -0.3 is 9.32 Å². The highest BCUT2D eigenvalue weighted by Gasteiger charge is 2.37. The van der Waals surface area contributed by atoms with Crippen molar-refractivity contribution in [3.63, 3.8) is 0 Å². The second-order valence-electron chi connectivity index (χ2n) is 7.91. The summed E-state index contributed by atoms with van der Waals surface area (Å²) in [6, 6.07) is 7.89. The minimum Gasteiger partial charge on any atom is -0.457 e. The molecule has 5 rings (SSSR count). The molecule has 10 nitrogen and oxygen atoms in total. The summed E-state index contributed by atoms with van der Waals surface area (Å²) < 4.78 is 5.85. The number of hydrogen-bond donors (Lipinski definition) is 1. The van der Waals surface area contributed by atoms with Gasteiger partial charge in [-0.3, -0.25) is 20.3 Å². The Labute approximate surface area is 193 Å². The SMILES string of the molecule is Cc1ccc([N+](=O)[O-])cc1-c1ccc(/C=C2\C(=N)N3N=C(N4CCCCC4)SC3=NC2=O)o1. The summed E-state index contributed by atoms with van der Waals surface area (Å²) in [4.78, 5) is 29.6. The summed E-state index contributed by atoms with van der Waals surface area (Å²) in [7, 11) is 0. The monoisotopic (exact) mass is 464 g/mol. The summed E-state index contributed by atoms with van der Waals surface area (Å²) in [5, 5.41) is 26.7. The third-order valence-corrected chi connectivity index (χ3v) is 6.65. The maximum atomic E-state index is 12.7. The van der Waals surface area contributed by atoms with Crippen LogP contribution in [0.5, 0.6) is 0 Å². The number of benzene rings is 1. The summed E-state index contributed by atoms with van der Waals surface area (Å²) >= 11 is 1.31. The van der Waals surface area contributed by atoms with Crippen LogP contribution in [0.2, 0.25) is 0 Å². The Morgan fingerprint density at radius 2 is 1.97 bits per heavy atom. The molecule has 2 aromatic rings. The highest BCUT2D eigenvalue weighted by atomic mass is 32.2. The Kier molecular flexibility index (Phi) is 5.33. The number of nitro benzene ring substituents is 1. The molecule has 168 valence electrons. The molecule has 11 heteroatoms. The molecular formula is C22H20N6O4S. The maximum Gasteiger partial charge on any atom is 0.283 e. The van der Waals surface area contributed by atoms with Gasteiger partial charge in [-0.1, -0.05) is 6.07 Å². The van der Waals surface area contributed by atoms with Gasteiger partial charge in [0, 0.05) is 30.8 Å². The fraction of sp³-hybridized carbons (Fsp3) is 0.273. The molecule has 0 saturated carbocycles. The summed E-state index contributed by atoms with van der Waals surface area (Å²) in [6.07, 6.45) is 4.85. The quantitative estimate of drug-likeness (QED) is 0.409. The van der Waals surface area contributed by atoms with E-state index in [1.165, 1.54) is 41.4 Å². The Morgan fingerprint density at radius 1 is 1.18 bits per heavy atom. The van der Waals surface area contributed by atoms with Crippen molar-refractivity contribution in [2.24, 2.45) is 10.1 Å². The smallest absolute Gasteiger partial charge is 0.283 e. The van der Waals surface area contributed by atoms with E-state index in [2.05, 4.69) is 15.0 Å². The molecule has 1 aromatic carbocycles. The van der Waals surface area contributed by atoms with E-state index in [9.17, 15) is 14.9 Å². The Bertz CT molecular complexity index is 1270. The first-order valence-corrected chi connectivity index (χ1v) is 11.3. The van der Waals surface area contributed by atoms with Crippen LogP contribution in [0.1, 0.15) is 30.6 Å². The second-order valence-corrected chi connectivity index (χ2v) is 8.84. The summed E-state index contributed by atoms with van der Waals surface area (Å²) in [5.41, 5.74) is 1.44. The number of carbonyl (C=O) groups is 1. The lowest BCUT2D eigenvalue weighted by Crippen LogP contribution is -2.35. The topological polar surface area (TPSA) is 128 Å². The zero-order valence-electron chi connectivity index (χ0n) is 17.8. The van der Waals surface area contributed by atoms with Crippen LogP contribution in [-0.4, -0.2) is 50.0 Å². The van der Waals surface area contributed by atoms with Crippen LogP contribution in [0, 0.1) is 22.4 Å². The van der Waals surface area contributed by atoms with Gasteiger partial charge in [0.05, 0.1) is 10.5 Å². The number of aryl methyl sites for hydroxylation is 1. The van der Waals surface area contributed by atoms with Gasteiger partial charge >= 0.3 is 0 Å². The van der Waals surface area contributed by atoms with Crippen molar-refractivity contribution in [3.8, 4) is 11.3 Å². The molecule has 3 aliphatic rings. The number of non-ortho nitro benzene ring substituents is 1. The van der Waals surface area contributed by atoms with Crippen LogP contribution in [0.25, 0.3) is 17.4 Å². The van der Waals surface area contributed by atoms with Crippen molar-refractivity contribution in [2.75, 3.05) is 13.1 Å². The first-order chi connectivity index (χ1) is 15.9. The number of aliphatic imine (C=N–C) groups is 1. The van der Waals surface area contributed by atoms with Gasteiger partial charge in [-0.15, -0.1) is 5.10 Å². The first kappa shape index (κ1) is 21.1. The average molecular weight is 465 g/mol. The lowest BCUT2D eigenvalue weighted by Gasteiger charge is -2.26. The molecular weight excluding hydrogens is 444 g/mol. The standard InChI is InChI=1S/C22H20N6O4S/c1-13-5-6-14(28(30)31)11-16(13)18-8-7-15(32-18)12-17-19(23)27-21(24-20(17)29)33-22(25-27)26-9-3-2-4-10-26/h5-8,11-12,23H,2-4,9-10H2,1H3/b17-12+,23-19?. The van der Waals surface area contributed by atoms with E-state index in [1.807, 2.05) is 6.92 Å². The number of carbonyl (C=O) groups excluding carboxylic acids is 1. The van der Waals surface area contributed by atoms with Gasteiger partial charge in [0.1, 0.15) is 11.5 Å². The number of amidine groups is 3. The zero-order chi connectivity index (χ0) is 23.1. The van der Waals surface area contributed by atoms with Crippen LogP contribution < -0.4 is 0 Å². The number of nitrogens with zero attached hydrogens (tertiary/aromatic N) is 5. The van der Waals surface area contributed by atoms with E-state index in [0.717, 1.165) is 36.7 Å². The van der Waals surface area contributed by atoms with Crippen LogP contribution >= 0.6 is 11.8 Å². The minimum absolute atomic E-state index is 0.0353. The molecule has 0 atom stereocenters. The van der Waals surface area contributed by atoms with Gasteiger partial charge in [0.25, 0.3) is 11.6 Å². The molecule has 1 fully saturated rings. The molecule has 0 radical (unpaired) electrons. The molecule has 1 N–H and O–H groups in total. The van der Waals surface area contributed by atoms with Crippen LogP contribution in [-0.2, 0) is 4.79 Å². The fourth-order valence-corrected chi connectivity index (χ4v) is 4.85. The van der Waals surface area contributed by atoms with Gasteiger partial charge in [-0.2, -0.15) is 10.0 Å². The fourth-order valence-electron chi connectivity index (χ4n) is 3.90. The van der Waals surface area contributed by atoms with Gasteiger partial charge in [0.2, 0.25) is 5.17 Å². The number of piperidine rings is 1. The Morgan fingerprint density at radius 3 is 2.73 bits per heavy atom. The molecule has 3 aliphatic heterocycles. The lowest BCUT2D eigenvalue weighted by molar-refractivity contribution is -0.384. The summed E-state index contributed by atoms with van der Waals surface area (Å²) in [5.74, 6) is 0.186. The van der Waals surface area contributed by atoms with E-state index in [0.29, 0.717) is 22.3 Å². The second kappa shape index (κ2) is 8.32. The van der Waals surface area contributed by atoms with Crippen molar-refractivity contribution in [3.05, 3.63) is 57.3 Å². The van der Waals surface area contributed by atoms with Crippen LogP contribution in [0.3, 0.4) is 0 Å². The number of amides is 1. The Hall–Kier alpha value is -3.73. The predicted octanol–water partition coefficient (Wildman–Crippen LogP) is 4.23. The van der Waals surface area contributed by atoms with Gasteiger partial charge in [-0.05, 0) is 61.7 Å². The van der Waals surface area contributed by atoms with E-state index < -0.39 is 10.8 Å². The third-order valence-electron chi connectivity index (χ3n) is 5.68. The molecule has 4 heterocycles. The van der Waals surface area contributed by atoms with Crippen molar-refractivity contribution >= 4 is 45.6 Å². The number of hydrazone groups is 1. The largest absolute Gasteiger partial charge is 0.457 e. The number of thioether (sulfide) groups is 1. The molecule has 0 bridgehead atoms. The van der Waals surface area contributed by atoms with Crippen molar-refractivity contribution in [1.29, 1.82) is 5.41 Å². The first-order valence-electron chi connectivity index (χ1n) is 10.5. The van der Waals surface area contributed by atoms with Gasteiger partial charge in [-0.25, -0.2) is 0 Å². The van der Waals surface area contributed by atoms with Crippen LogP contribution in [0.15, 0.2) is 50.4 Å².